The van der Waals surface area contributed by atoms with Crippen molar-refractivity contribution in [1.82, 2.24) is 15.0 Å². The number of hydrogen-bond acceptors (Lipinski definition) is 3. The molecule has 0 unspecified atom stereocenters. The highest BCUT2D eigenvalue weighted by Gasteiger charge is 2.03. The van der Waals surface area contributed by atoms with Gasteiger partial charge in [0.25, 0.3) is 0 Å². The summed E-state index contributed by atoms with van der Waals surface area (Å²) in [6.07, 6.45) is 1.72. The molecule has 1 aromatic heterocycles. The van der Waals surface area contributed by atoms with Crippen LogP contribution in [0.4, 0.5) is 0 Å². The molecule has 18 heavy (non-hydrogen) atoms. The van der Waals surface area contributed by atoms with Crippen molar-refractivity contribution in [3.8, 4) is 5.69 Å². The Labute approximate surface area is 112 Å². The highest BCUT2D eigenvalue weighted by Crippen LogP contribution is 2.22. The maximum atomic E-state index is 8.98. The number of nitrogens with zero attached hydrogens (tertiary/aromatic N) is 3. The van der Waals surface area contributed by atoms with Gasteiger partial charge in [-0.1, -0.05) is 33.3 Å². The van der Waals surface area contributed by atoms with E-state index in [1.807, 2.05) is 30.3 Å². The molecule has 0 bridgehead atoms. The first kappa shape index (κ1) is 11.4. The fourth-order valence-corrected chi connectivity index (χ4v) is 2.22. The number of aromatic nitrogens is 3. The monoisotopic (exact) mass is 303 g/mol. The van der Waals surface area contributed by atoms with Gasteiger partial charge in [0.05, 0.1) is 18.5 Å². The number of fused-ring (bicyclic) bond motifs is 1. The number of aliphatic hydroxyl groups excluding tert-OH is 1. The number of aliphatic hydroxyl groups is 1. The van der Waals surface area contributed by atoms with Crippen LogP contribution in [0.15, 0.2) is 47.1 Å². The maximum Gasteiger partial charge on any atom is 0.109 e. The van der Waals surface area contributed by atoms with Gasteiger partial charge in [-0.05, 0) is 35.0 Å². The van der Waals surface area contributed by atoms with Gasteiger partial charge < -0.3 is 5.11 Å². The Hall–Kier alpha value is -1.72. The Balaban J connectivity index is 2.10. The fraction of sp³-hybridized carbons (Fsp3) is 0.0769. The lowest BCUT2D eigenvalue weighted by molar-refractivity contribution is 0.276. The van der Waals surface area contributed by atoms with E-state index in [1.54, 1.807) is 10.9 Å². The minimum atomic E-state index is -0.0967. The second kappa shape index (κ2) is 4.51. The van der Waals surface area contributed by atoms with Crippen LogP contribution in [0.1, 0.15) is 5.69 Å². The standard InChI is InChI=1S/C13H10BrN3O/c14-11-3-1-10-6-13(4-2-9(10)5-11)17-7-12(8-18)15-16-17/h1-7,18H,8H2. The molecule has 4 nitrogen and oxygen atoms in total. The third kappa shape index (κ3) is 2.02. The number of benzene rings is 2. The Kier molecular flexibility index (Phi) is 2.85. The molecule has 0 aliphatic rings. The van der Waals surface area contributed by atoms with Crippen molar-refractivity contribution < 1.29 is 5.11 Å². The van der Waals surface area contributed by atoms with E-state index < -0.39 is 0 Å². The van der Waals surface area contributed by atoms with Crippen LogP contribution in [-0.2, 0) is 6.61 Å². The molecule has 0 spiro atoms. The summed E-state index contributed by atoms with van der Waals surface area (Å²) in [6, 6.07) is 12.2. The first-order chi connectivity index (χ1) is 8.76. The first-order valence-corrected chi connectivity index (χ1v) is 6.27. The van der Waals surface area contributed by atoms with Crippen LogP contribution in [0.5, 0.6) is 0 Å². The average Bonchev–Trinajstić information content (AvgIpc) is 2.87. The predicted octanol–water partition coefficient (Wildman–Crippen LogP) is 2.68. The molecule has 0 atom stereocenters. The van der Waals surface area contributed by atoms with Gasteiger partial charge in [-0.2, -0.15) is 0 Å². The second-order valence-electron chi connectivity index (χ2n) is 3.99. The van der Waals surface area contributed by atoms with E-state index in [1.165, 1.54) is 0 Å². The lowest BCUT2D eigenvalue weighted by atomic mass is 10.1. The molecule has 90 valence electrons. The molecular weight excluding hydrogens is 294 g/mol. The van der Waals surface area contributed by atoms with Gasteiger partial charge in [-0.15, -0.1) is 5.10 Å². The Bertz CT molecular complexity index is 708. The van der Waals surface area contributed by atoms with Crippen LogP contribution in [0, 0.1) is 0 Å². The van der Waals surface area contributed by atoms with Gasteiger partial charge in [0, 0.05) is 4.47 Å². The molecule has 0 saturated carbocycles. The van der Waals surface area contributed by atoms with E-state index in [-0.39, 0.29) is 6.61 Å². The topological polar surface area (TPSA) is 50.9 Å². The Morgan fingerprint density at radius 1 is 1.11 bits per heavy atom. The van der Waals surface area contributed by atoms with E-state index in [9.17, 15) is 0 Å². The van der Waals surface area contributed by atoms with Gasteiger partial charge in [0.15, 0.2) is 0 Å². The maximum absolute atomic E-state index is 8.98. The summed E-state index contributed by atoms with van der Waals surface area (Å²) < 4.78 is 2.72. The summed E-state index contributed by atoms with van der Waals surface area (Å²) in [5.41, 5.74) is 1.49. The molecule has 0 saturated heterocycles. The minimum Gasteiger partial charge on any atom is -0.390 e. The summed E-state index contributed by atoms with van der Waals surface area (Å²) in [6.45, 7) is -0.0967. The minimum absolute atomic E-state index is 0.0967. The van der Waals surface area contributed by atoms with Gasteiger partial charge >= 0.3 is 0 Å². The molecule has 2 aromatic carbocycles. The molecular formula is C13H10BrN3O. The van der Waals surface area contributed by atoms with Crippen LogP contribution < -0.4 is 0 Å². The lowest BCUT2D eigenvalue weighted by Gasteiger charge is -2.03. The predicted molar refractivity (Wildman–Crippen MR) is 72.5 cm³/mol. The quantitative estimate of drug-likeness (QED) is 0.792. The molecule has 0 amide bonds. The van der Waals surface area contributed by atoms with Crippen LogP contribution in [0.2, 0.25) is 0 Å². The molecule has 0 fully saturated rings. The molecule has 5 heteroatoms. The molecule has 0 aliphatic carbocycles. The molecule has 0 radical (unpaired) electrons. The number of rotatable bonds is 2. The van der Waals surface area contributed by atoms with E-state index in [0.29, 0.717) is 5.69 Å². The van der Waals surface area contributed by atoms with Crippen LogP contribution in [0.25, 0.3) is 16.5 Å². The van der Waals surface area contributed by atoms with Crippen molar-refractivity contribution >= 4 is 26.7 Å². The second-order valence-corrected chi connectivity index (χ2v) is 4.90. The molecule has 3 aromatic rings. The van der Waals surface area contributed by atoms with E-state index in [0.717, 1.165) is 20.9 Å². The Morgan fingerprint density at radius 2 is 1.89 bits per heavy atom. The van der Waals surface area contributed by atoms with Gasteiger partial charge in [-0.3, -0.25) is 0 Å². The molecule has 0 aliphatic heterocycles. The largest absolute Gasteiger partial charge is 0.390 e. The van der Waals surface area contributed by atoms with Gasteiger partial charge in [0.2, 0.25) is 0 Å². The zero-order valence-electron chi connectivity index (χ0n) is 9.42. The van der Waals surface area contributed by atoms with Crippen molar-refractivity contribution in [2.24, 2.45) is 0 Å². The fourth-order valence-electron chi connectivity index (χ4n) is 1.84. The average molecular weight is 304 g/mol. The third-order valence-corrected chi connectivity index (χ3v) is 3.25. The van der Waals surface area contributed by atoms with Crippen molar-refractivity contribution in [3.63, 3.8) is 0 Å². The third-order valence-electron chi connectivity index (χ3n) is 2.75. The molecule has 3 rings (SSSR count). The van der Waals surface area contributed by atoms with Crippen LogP contribution >= 0.6 is 15.9 Å². The van der Waals surface area contributed by atoms with Gasteiger partial charge in [0.1, 0.15) is 5.69 Å². The smallest absolute Gasteiger partial charge is 0.109 e. The highest BCUT2D eigenvalue weighted by molar-refractivity contribution is 9.10. The summed E-state index contributed by atoms with van der Waals surface area (Å²) in [7, 11) is 0. The number of halogens is 1. The number of hydrogen-bond donors (Lipinski definition) is 1. The molecule has 1 N–H and O–H groups in total. The summed E-state index contributed by atoms with van der Waals surface area (Å²) >= 11 is 3.45. The van der Waals surface area contributed by atoms with Crippen molar-refractivity contribution in [1.29, 1.82) is 0 Å². The summed E-state index contributed by atoms with van der Waals surface area (Å²) in [5.74, 6) is 0. The van der Waals surface area contributed by atoms with E-state index >= 15 is 0 Å². The van der Waals surface area contributed by atoms with Crippen LogP contribution in [-0.4, -0.2) is 20.1 Å². The molecule has 1 heterocycles. The lowest BCUT2D eigenvalue weighted by Crippen LogP contribution is -1.94. The zero-order chi connectivity index (χ0) is 12.5. The van der Waals surface area contributed by atoms with Crippen LogP contribution in [0.3, 0.4) is 0 Å². The summed E-state index contributed by atoms with van der Waals surface area (Å²) in [4.78, 5) is 0. The van der Waals surface area contributed by atoms with E-state index in [2.05, 4.69) is 32.3 Å². The Morgan fingerprint density at radius 3 is 2.67 bits per heavy atom. The summed E-state index contributed by atoms with van der Waals surface area (Å²) in [5, 5.41) is 19.1. The van der Waals surface area contributed by atoms with Crippen molar-refractivity contribution in [3.05, 3.63) is 52.8 Å². The zero-order valence-corrected chi connectivity index (χ0v) is 11.0. The van der Waals surface area contributed by atoms with E-state index in [4.69, 9.17) is 5.11 Å². The van der Waals surface area contributed by atoms with Crippen molar-refractivity contribution in [2.45, 2.75) is 6.61 Å². The first-order valence-electron chi connectivity index (χ1n) is 5.48. The van der Waals surface area contributed by atoms with Gasteiger partial charge in [-0.25, -0.2) is 4.68 Å². The highest BCUT2D eigenvalue weighted by atomic mass is 79.9. The SMILES string of the molecule is OCc1cn(-c2ccc3cc(Br)ccc3c2)nn1. The van der Waals surface area contributed by atoms with Crippen molar-refractivity contribution in [2.75, 3.05) is 0 Å². The normalized spacial score (nSPS) is 11.0.